The van der Waals surface area contributed by atoms with Crippen molar-refractivity contribution in [2.24, 2.45) is 35.1 Å². The molecule has 64 valence electrons. The summed E-state index contributed by atoms with van der Waals surface area (Å²) >= 11 is 0. The van der Waals surface area contributed by atoms with E-state index in [1.165, 1.54) is 12.8 Å². The third-order valence-electron chi connectivity index (χ3n) is 3.72. The lowest BCUT2D eigenvalue weighted by molar-refractivity contribution is 0.325. The maximum absolute atomic E-state index is 5.85. The molecule has 4 N–H and O–H groups in total. The monoisotopic (exact) mass is 154 g/mol. The molecule has 2 nitrogen and oxygen atoms in total. The average molecular weight is 154 g/mol. The molecule has 2 saturated carbocycles. The normalized spacial score (nSPS) is 46.1. The zero-order valence-corrected chi connectivity index (χ0v) is 7.38. The molecule has 0 bridgehead atoms. The summed E-state index contributed by atoms with van der Waals surface area (Å²) in [4.78, 5) is 0. The van der Waals surface area contributed by atoms with Crippen molar-refractivity contribution in [3.05, 3.63) is 0 Å². The Kier molecular flexibility index (Phi) is 1.37. The molecular weight excluding hydrogens is 136 g/mol. The highest BCUT2D eigenvalue weighted by Gasteiger charge is 2.64. The smallest absolute Gasteiger partial charge is 0.0702 e. The van der Waals surface area contributed by atoms with Crippen molar-refractivity contribution < 1.29 is 0 Å². The van der Waals surface area contributed by atoms with Crippen molar-refractivity contribution >= 4 is 0 Å². The predicted molar refractivity (Wildman–Crippen MR) is 45.6 cm³/mol. The van der Waals surface area contributed by atoms with Gasteiger partial charge in [0.25, 0.3) is 0 Å². The highest BCUT2D eigenvalue weighted by molar-refractivity contribution is 5.16. The van der Waals surface area contributed by atoms with E-state index < -0.39 is 0 Å². The van der Waals surface area contributed by atoms with E-state index in [0.717, 1.165) is 11.8 Å². The van der Waals surface area contributed by atoms with Gasteiger partial charge in [0.05, 0.1) is 5.66 Å². The molecule has 0 aromatic rings. The molecule has 0 radical (unpaired) electrons. The van der Waals surface area contributed by atoms with E-state index >= 15 is 0 Å². The van der Waals surface area contributed by atoms with E-state index in [1.807, 2.05) is 0 Å². The van der Waals surface area contributed by atoms with Crippen LogP contribution < -0.4 is 11.5 Å². The van der Waals surface area contributed by atoms with Crippen molar-refractivity contribution in [2.75, 3.05) is 0 Å². The Labute approximate surface area is 68.3 Å². The second-order valence-electron chi connectivity index (χ2n) is 4.69. The van der Waals surface area contributed by atoms with Crippen LogP contribution >= 0.6 is 0 Å². The van der Waals surface area contributed by atoms with Crippen LogP contribution in [0.4, 0.5) is 0 Å². The first-order valence-corrected chi connectivity index (χ1v) is 4.61. The van der Waals surface area contributed by atoms with Crippen molar-refractivity contribution in [1.29, 1.82) is 0 Å². The maximum Gasteiger partial charge on any atom is 0.0702 e. The first-order chi connectivity index (χ1) is 5.03. The predicted octanol–water partition coefficient (Wildman–Crippen LogP) is 0.912. The van der Waals surface area contributed by atoms with E-state index in [0.29, 0.717) is 11.8 Å². The summed E-state index contributed by atoms with van der Waals surface area (Å²) in [5.41, 5.74) is 11.4. The number of hydrogen-bond acceptors (Lipinski definition) is 2. The summed E-state index contributed by atoms with van der Waals surface area (Å²) in [6.45, 7) is 4.59. The topological polar surface area (TPSA) is 52.0 Å². The largest absolute Gasteiger partial charge is 0.313 e. The van der Waals surface area contributed by atoms with Gasteiger partial charge < -0.3 is 11.5 Å². The molecule has 0 amide bonds. The Balaban J connectivity index is 1.95. The molecule has 2 atom stereocenters. The minimum absolute atomic E-state index is 0.272. The van der Waals surface area contributed by atoms with Crippen molar-refractivity contribution in [3.8, 4) is 0 Å². The molecule has 0 heterocycles. The summed E-state index contributed by atoms with van der Waals surface area (Å²) in [6.07, 6.45) is 2.55. The highest BCUT2D eigenvalue weighted by atomic mass is 15.1. The molecule has 11 heavy (non-hydrogen) atoms. The van der Waals surface area contributed by atoms with E-state index in [1.54, 1.807) is 0 Å². The van der Waals surface area contributed by atoms with Crippen LogP contribution in [0.3, 0.4) is 0 Å². The number of hydrogen-bond donors (Lipinski definition) is 2. The summed E-state index contributed by atoms with van der Waals surface area (Å²) < 4.78 is 0. The lowest BCUT2D eigenvalue weighted by Gasteiger charge is -2.19. The van der Waals surface area contributed by atoms with Gasteiger partial charge in [0, 0.05) is 0 Å². The standard InChI is InChI=1S/C9H18N2/c1-5(2)6-3-7-8(4-6)9(7,10)11/h5-8H,3-4,10-11H2,1-2H3. The lowest BCUT2D eigenvalue weighted by Crippen LogP contribution is -2.40. The molecule has 0 aromatic heterocycles. The minimum atomic E-state index is -0.272. The van der Waals surface area contributed by atoms with Crippen LogP contribution in [0.1, 0.15) is 26.7 Å². The Morgan fingerprint density at radius 2 is 1.64 bits per heavy atom. The summed E-state index contributed by atoms with van der Waals surface area (Å²) in [7, 11) is 0. The minimum Gasteiger partial charge on any atom is -0.313 e. The fraction of sp³-hybridized carbons (Fsp3) is 1.00. The van der Waals surface area contributed by atoms with Crippen molar-refractivity contribution in [2.45, 2.75) is 32.4 Å². The van der Waals surface area contributed by atoms with Gasteiger partial charge in [-0.05, 0) is 36.5 Å². The van der Waals surface area contributed by atoms with Crippen molar-refractivity contribution in [3.63, 3.8) is 0 Å². The SMILES string of the molecule is CC(C)C1CC2C(C1)C2(N)N. The molecule has 2 aliphatic rings. The lowest BCUT2D eigenvalue weighted by atomic mass is 9.90. The van der Waals surface area contributed by atoms with E-state index in [-0.39, 0.29) is 5.66 Å². The summed E-state index contributed by atoms with van der Waals surface area (Å²) in [5.74, 6) is 3.01. The second kappa shape index (κ2) is 1.99. The molecule has 2 fully saturated rings. The quantitative estimate of drug-likeness (QED) is 0.552. The summed E-state index contributed by atoms with van der Waals surface area (Å²) in [5, 5.41) is 0. The Bertz CT molecular complexity index is 160. The first kappa shape index (κ1) is 7.56. The molecule has 2 unspecified atom stereocenters. The first-order valence-electron chi connectivity index (χ1n) is 4.61. The molecule has 0 aromatic carbocycles. The van der Waals surface area contributed by atoms with Crippen LogP contribution in [0.2, 0.25) is 0 Å². The van der Waals surface area contributed by atoms with Crippen LogP contribution in [0, 0.1) is 23.7 Å². The van der Waals surface area contributed by atoms with Crippen LogP contribution in [0.15, 0.2) is 0 Å². The molecule has 2 heteroatoms. The van der Waals surface area contributed by atoms with Crippen LogP contribution in [-0.4, -0.2) is 5.66 Å². The molecule has 0 saturated heterocycles. The third-order valence-corrected chi connectivity index (χ3v) is 3.72. The van der Waals surface area contributed by atoms with E-state index in [2.05, 4.69) is 13.8 Å². The van der Waals surface area contributed by atoms with Gasteiger partial charge in [0.1, 0.15) is 0 Å². The third kappa shape index (κ3) is 0.926. The average Bonchev–Trinajstić information content (AvgIpc) is 2.28. The molecule has 0 aliphatic heterocycles. The van der Waals surface area contributed by atoms with Crippen molar-refractivity contribution in [1.82, 2.24) is 0 Å². The van der Waals surface area contributed by atoms with Gasteiger partial charge in [0.2, 0.25) is 0 Å². The second-order valence-corrected chi connectivity index (χ2v) is 4.69. The van der Waals surface area contributed by atoms with Crippen LogP contribution in [0.25, 0.3) is 0 Å². The van der Waals surface area contributed by atoms with Gasteiger partial charge in [-0.25, -0.2) is 0 Å². The highest BCUT2D eigenvalue weighted by Crippen LogP contribution is 2.59. The van der Waals surface area contributed by atoms with Gasteiger partial charge in [-0.1, -0.05) is 13.8 Å². The van der Waals surface area contributed by atoms with Gasteiger partial charge in [-0.15, -0.1) is 0 Å². The van der Waals surface area contributed by atoms with Gasteiger partial charge >= 0.3 is 0 Å². The molecular formula is C9H18N2. The number of fused-ring (bicyclic) bond motifs is 1. The molecule has 2 rings (SSSR count). The fourth-order valence-electron chi connectivity index (χ4n) is 2.62. The molecule has 2 aliphatic carbocycles. The summed E-state index contributed by atoms with van der Waals surface area (Å²) in [6, 6.07) is 0. The van der Waals surface area contributed by atoms with E-state index in [9.17, 15) is 0 Å². The Morgan fingerprint density at radius 1 is 1.18 bits per heavy atom. The number of rotatable bonds is 1. The van der Waals surface area contributed by atoms with E-state index in [4.69, 9.17) is 11.5 Å². The zero-order chi connectivity index (χ0) is 8.22. The fourth-order valence-corrected chi connectivity index (χ4v) is 2.62. The van der Waals surface area contributed by atoms with Gasteiger partial charge in [-0.3, -0.25) is 0 Å². The maximum atomic E-state index is 5.85. The number of nitrogens with two attached hydrogens (primary N) is 2. The van der Waals surface area contributed by atoms with Crippen LogP contribution in [-0.2, 0) is 0 Å². The Hall–Kier alpha value is -0.0800. The zero-order valence-electron chi connectivity index (χ0n) is 7.38. The van der Waals surface area contributed by atoms with Gasteiger partial charge in [0.15, 0.2) is 0 Å². The molecule has 0 spiro atoms. The van der Waals surface area contributed by atoms with Gasteiger partial charge in [-0.2, -0.15) is 0 Å². The Morgan fingerprint density at radius 3 is 2.00 bits per heavy atom. The van der Waals surface area contributed by atoms with Crippen LogP contribution in [0.5, 0.6) is 0 Å².